The van der Waals surface area contributed by atoms with Crippen LogP contribution in [-0.2, 0) is 0 Å². The summed E-state index contributed by atoms with van der Waals surface area (Å²) in [5.74, 6) is 0.851. The molecule has 0 atom stereocenters. The highest BCUT2D eigenvalue weighted by Gasteiger charge is 2.11. The first-order valence-electron chi connectivity index (χ1n) is 6.62. The van der Waals surface area contributed by atoms with Crippen molar-refractivity contribution in [1.82, 2.24) is 10.3 Å². The summed E-state index contributed by atoms with van der Waals surface area (Å²) in [6, 6.07) is 11.7. The molecular formula is C16H17BrN2OS. The van der Waals surface area contributed by atoms with E-state index >= 15 is 0 Å². The first kappa shape index (κ1) is 16.0. The third-order valence-electron chi connectivity index (χ3n) is 3.04. The highest BCUT2D eigenvalue weighted by Crippen LogP contribution is 2.22. The molecule has 0 fully saturated rings. The number of pyridine rings is 1. The minimum atomic E-state index is -0.0603. The van der Waals surface area contributed by atoms with E-state index in [1.54, 1.807) is 11.8 Å². The number of hydrogen-bond donors (Lipinski definition) is 1. The van der Waals surface area contributed by atoms with Crippen molar-refractivity contribution in [1.29, 1.82) is 0 Å². The van der Waals surface area contributed by atoms with E-state index in [0.717, 1.165) is 27.2 Å². The summed E-state index contributed by atoms with van der Waals surface area (Å²) in [6.07, 6.45) is 2.02. The van der Waals surface area contributed by atoms with Crippen molar-refractivity contribution < 1.29 is 4.79 Å². The van der Waals surface area contributed by atoms with Gasteiger partial charge in [0, 0.05) is 22.3 Å². The maximum absolute atomic E-state index is 12.1. The number of thioether (sulfide) groups is 1. The summed E-state index contributed by atoms with van der Waals surface area (Å²) >= 11 is 5.17. The van der Waals surface area contributed by atoms with Crippen molar-refractivity contribution in [3.63, 3.8) is 0 Å². The van der Waals surface area contributed by atoms with Crippen LogP contribution in [0, 0.1) is 6.92 Å². The van der Waals surface area contributed by atoms with Gasteiger partial charge in [0.25, 0.3) is 5.91 Å². The van der Waals surface area contributed by atoms with Crippen molar-refractivity contribution in [3.05, 3.63) is 52.1 Å². The Morgan fingerprint density at radius 2 is 2.14 bits per heavy atom. The minimum absolute atomic E-state index is 0.0603. The van der Waals surface area contributed by atoms with E-state index in [9.17, 15) is 4.79 Å². The van der Waals surface area contributed by atoms with Crippen LogP contribution in [0.4, 0.5) is 0 Å². The summed E-state index contributed by atoms with van der Waals surface area (Å²) in [7, 11) is 0. The van der Waals surface area contributed by atoms with E-state index in [4.69, 9.17) is 0 Å². The van der Waals surface area contributed by atoms with Gasteiger partial charge in [-0.15, -0.1) is 0 Å². The number of amides is 1. The number of nitrogens with zero attached hydrogens (tertiary/aromatic N) is 1. The van der Waals surface area contributed by atoms with E-state index < -0.39 is 0 Å². The molecule has 1 aromatic carbocycles. The molecular weight excluding hydrogens is 348 g/mol. The van der Waals surface area contributed by atoms with Gasteiger partial charge in [0.05, 0.1) is 17.0 Å². The first-order chi connectivity index (χ1) is 10.1. The van der Waals surface area contributed by atoms with Gasteiger partial charge >= 0.3 is 0 Å². The Morgan fingerprint density at radius 1 is 1.33 bits per heavy atom. The molecule has 0 radical (unpaired) electrons. The highest BCUT2D eigenvalue weighted by molar-refractivity contribution is 9.10. The summed E-state index contributed by atoms with van der Waals surface area (Å²) in [5.41, 5.74) is 3.28. The standard InChI is InChI=1S/C16H17BrN2OS/c1-11-14(16(20)18-8-9-21-2)6-7-15(19-11)12-4-3-5-13(17)10-12/h3-7,10H,8-9H2,1-2H3,(H,18,20). The van der Waals surface area contributed by atoms with Gasteiger partial charge in [-0.25, -0.2) is 0 Å². The average molecular weight is 365 g/mol. The monoisotopic (exact) mass is 364 g/mol. The number of carbonyl (C=O) groups is 1. The van der Waals surface area contributed by atoms with Gasteiger partial charge < -0.3 is 5.32 Å². The number of halogens is 1. The maximum atomic E-state index is 12.1. The lowest BCUT2D eigenvalue weighted by Gasteiger charge is -2.09. The van der Waals surface area contributed by atoms with Crippen molar-refractivity contribution in [2.45, 2.75) is 6.92 Å². The molecule has 5 heteroatoms. The van der Waals surface area contributed by atoms with E-state index in [-0.39, 0.29) is 5.91 Å². The van der Waals surface area contributed by atoms with Gasteiger partial charge in [-0.2, -0.15) is 11.8 Å². The van der Waals surface area contributed by atoms with Crippen LogP contribution in [0.25, 0.3) is 11.3 Å². The Hall–Kier alpha value is -1.33. The Bertz CT molecular complexity index is 646. The molecule has 0 aliphatic rings. The summed E-state index contributed by atoms with van der Waals surface area (Å²) in [6.45, 7) is 2.54. The molecule has 0 bridgehead atoms. The topological polar surface area (TPSA) is 42.0 Å². The zero-order chi connectivity index (χ0) is 15.2. The lowest BCUT2D eigenvalue weighted by molar-refractivity contribution is 0.0955. The van der Waals surface area contributed by atoms with E-state index in [0.29, 0.717) is 12.1 Å². The third kappa shape index (κ3) is 4.32. The van der Waals surface area contributed by atoms with Crippen LogP contribution in [0.3, 0.4) is 0 Å². The van der Waals surface area contributed by atoms with Gasteiger partial charge in [-0.1, -0.05) is 28.1 Å². The number of hydrogen-bond acceptors (Lipinski definition) is 3. The third-order valence-corrected chi connectivity index (χ3v) is 4.15. The van der Waals surface area contributed by atoms with E-state index in [1.807, 2.05) is 49.6 Å². The molecule has 0 aliphatic carbocycles. The fourth-order valence-corrected chi connectivity index (χ4v) is 2.68. The molecule has 110 valence electrons. The first-order valence-corrected chi connectivity index (χ1v) is 8.81. The second-order valence-corrected chi connectivity index (χ2v) is 6.49. The number of aromatic nitrogens is 1. The number of aryl methyl sites for hydroxylation is 1. The van der Waals surface area contributed by atoms with E-state index in [2.05, 4.69) is 26.2 Å². The Morgan fingerprint density at radius 3 is 2.81 bits per heavy atom. The smallest absolute Gasteiger partial charge is 0.253 e. The van der Waals surface area contributed by atoms with Gasteiger partial charge in [-0.05, 0) is 37.4 Å². The lowest BCUT2D eigenvalue weighted by atomic mass is 10.1. The van der Waals surface area contributed by atoms with Gasteiger partial charge in [0.2, 0.25) is 0 Å². The predicted molar refractivity (Wildman–Crippen MR) is 92.8 cm³/mol. The van der Waals surface area contributed by atoms with Crippen molar-refractivity contribution >= 4 is 33.6 Å². The molecule has 1 amide bonds. The molecule has 1 N–H and O–H groups in total. The number of nitrogens with one attached hydrogen (secondary N) is 1. The predicted octanol–water partition coefficient (Wildman–Crippen LogP) is 3.91. The normalized spacial score (nSPS) is 10.4. The molecule has 0 saturated heterocycles. The van der Waals surface area contributed by atoms with Crippen molar-refractivity contribution in [3.8, 4) is 11.3 Å². The zero-order valence-electron chi connectivity index (χ0n) is 12.0. The Kier molecular flexibility index (Phi) is 5.82. The highest BCUT2D eigenvalue weighted by atomic mass is 79.9. The summed E-state index contributed by atoms with van der Waals surface area (Å²) in [5, 5.41) is 2.90. The minimum Gasteiger partial charge on any atom is -0.351 e. The van der Waals surface area contributed by atoms with Crippen LogP contribution in [0.2, 0.25) is 0 Å². The zero-order valence-corrected chi connectivity index (χ0v) is 14.4. The molecule has 2 rings (SSSR count). The molecule has 1 aromatic heterocycles. The second-order valence-electron chi connectivity index (χ2n) is 4.59. The van der Waals surface area contributed by atoms with Crippen LogP contribution in [0.15, 0.2) is 40.9 Å². The number of benzene rings is 1. The largest absolute Gasteiger partial charge is 0.351 e. The SMILES string of the molecule is CSCCNC(=O)c1ccc(-c2cccc(Br)c2)nc1C. The summed E-state index contributed by atoms with van der Waals surface area (Å²) in [4.78, 5) is 16.6. The quantitative estimate of drug-likeness (QED) is 0.817. The molecule has 1 heterocycles. The van der Waals surface area contributed by atoms with Crippen LogP contribution < -0.4 is 5.32 Å². The van der Waals surface area contributed by atoms with Crippen LogP contribution in [-0.4, -0.2) is 29.4 Å². The fraction of sp³-hybridized carbons (Fsp3) is 0.250. The van der Waals surface area contributed by atoms with Crippen molar-refractivity contribution in [2.24, 2.45) is 0 Å². The van der Waals surface area contributed by atoms with Gasteiger partial charge in [0.15, 0.2) is 0 Å². The molecule has 3 nitrogen and oxygen atoms in total. The van der Waals surface area contributed by atoms with Crippen LogP contribution in [0.1, 0.15) is 16.1 Å². The lowest BCUT2D eigenvalue weighted by Crippen LogP contribution is -2.26. The van der Waals surface area contributed by atoms with Crippen molar-refractivity contribution in [2.75, 3.05) is 18.6 Å². The Labute approximate surface area is 137 Å². The fourth-order valence-electron chi connectivity index (χ4n) is 1.97. The Balaban J connectivity index is 2.19. The number of rotatable bonds is 5. The van der Waals surface area contributed by atoms with Crippen LogP contribution >= 0.6 is 27.7 Å². The second kappa shape index (κ2) is 7.61. The molecule has 0 spiro atoms. The van der Waals surface area contributed by atoms with Gasteiger partial charge in [-0.3, -0.25) is 9.78 Å². The molecule has 0 saturated carbocycles. The van der Waals surface area contributed by atoms with Crippen LogP contribution in [0.5, 0.6) is 0 Å². The molecule has 0 aliphatic heterocycles. The average Bonchev–Trinajstić information content (AvgIpc) is 2.47. The molecule has 0 unspecified atom stereocenters. The molecule has 21 heavy (non-hydrogen) atoms. The van der Waals surface area contributed by atoms with Gasteiger partial charge in [0.1, 0.15) is 0 Å². The molecule has 2 aromatic rings. The summed E-state index contributed by atoms with van der Waals surface area (Å²) < 4.78 is 1.01. The van der Waals surface area contributed by atoms with E-state index in [1.165, 1.54) is 0 Å². The number of carbonyl (C=O) groups excluding carboxylic acids is 1. The maximum Gasteiger partial charge on any atom is 0.253 e.